The van der Waals surface area contributed by atoms with Crippen LogP contribution in [0, 0.1) is 0 Å². The molecule has 8 aromatic rings. The topological polar surface area (TPSA) is 43.6 Å². The quantitative estimate of drug-likeness (QED) is 0.235. The first-order chi connectivity index (χ1) is 17.9. The summed E-state index contributed by atoms with van der Waals surface area (Å²) in [5.74, 6) is 0.929. The van der Waals surface area contributed by atoms with Gasteiger partial charge in [-0.1, -0.05) is 60.7 Å². The van der Waals surface area contributed by atoms with Crippen LogP contribution in [0.3, 0.4) is 0 Å². The van der Waals surface area contributed by atoms with Crippen molar-refractivity contribution in [3.63, 3.8) is 0 Å². The molecule has 0 aliphatic carbocycles. The van der Waals surface area contributed by atoms with E-state index < -0.39 is 0 Å². The first-order valence-electron chi connectivity index (χ1n) is 11.9. The lowest BCUT2D eigenvalue weighted by atomic mass is 10.0. The molecule has 4 heterocycles. The second-order valence-corrected chi connectivity index (χ2v) is 9.98. The predicted molar refractivity (Wildman–Crippen MR) is 150 cm³/mol. The largest absolute Gasteiger partial charge is 0.290 e. The van der Waals surface area contributed by atoms with Crippen LogP contribution in [0.25, 0.3) is 69.8 Å². The minimum absolute atomic E-state index is 0.929. The molecule has 5 heteroatoms. The van der Waals surface area contributed by atoms with E-state index in [2.05, 4.69) is 93.4 Å². The number of pyridine rings is 2. The highest BCUT2D eigenvalue weighted by molar-refractivity contribution is 7.26. The van der Waals surface area contributed by atoms with Crippen LogP contribution in [0.5, 0.6) is 0 Å². The third-order valence-electron chi connectivity index (χ3n) is 6.98. The zero-order valence-corrected chi connectivity index (χ0v) is 19.9. The summed E-state index contributed by atoms with van der Waals surface area (Å²) in [5, 5.41) is 6.91. The standard InChI is InChI=1S/C31H18N4S/c1-2-7-19(8-3-1)31-34-28-21-13-15-32-17-24(21)25-18-33-16-14-22(25)29(28)35(31)26-11-6-10-23-20-9-4-5-12-27(20)36-30(23)26/h1-18H. The summed E-state index contributed by atoms with van der Waals surface area (Å²) in [4.78, 5) is 14.2. The summed E-state index contributed by atoms with van der Waals surface area (Å²) in [5.41, 5.74) is 4.29. The maximum atomic E-state index is 5.32. The van der Waals surface area contributed by atoms with Gasteiger partial charge in [-0.15, -0.1) is 11.3 Å². The smallest absolute Gasteiger partial charge is 0.145 e. The van der Waals surface area contributed by atoms with Crippen LogP contribution in [0.1, 0.15) is 0 Å². The summed E-state index contributed by atoms with van der Waals surface area (Å²) in [6.45, 7) is 0. The molecular formula is C31H18N4S. The second-order valence-electron chi connectivity index (χ2n) is 8.93. The van der Waals surface area contributed by atoms with Gasteiger partial charge in [0.1, 0.15) is 5.82 Å². The van der Waals surface area contributed by atoms with E-state index in [4.69, 9.17) is 4.98 Å². The van der Waals surface area contributed by atoms with Gasteiger partial charge in [-0.25, -0.2) is 4.98 Å². The Morgan fingerprint density at radius 1 is 0.583 bits per heavy atom. The molecule has 0 bridgehead atoms. The maximum Gasteiger partial charge on any atom is 0.145 e. The molecule has 0 saturated carbocycles. The Morgan fingerprint density at radius 2 is 1.31 bits per heavy atom. The molecule has 8 rings (SSSR count). The monoisotopic (exact) mass is 478 g/mol. The minimum atomic E-state index is 0.929. The van der Waals surface area contributed by atoms with Crippen LogP contribution in [0.2, 0.25) is 0 Å². The number of fused-ring (bicyclic) bond motifs is 9. The highest BCUT2D eigenvalue weighted by atomic mass is 32.1. The van der Waals surface area contributed by atoms with E-state index in [1.165, 1.54) is 20.2 Å². The lowest BCUT2D eigenvalue weighted by molar-refractivity contribution is 1.12. The van der Waals surface area contributed by atoms with Crippen LogP contribution in [0.4, 0.5) is 0 Å². The average molecular weight is 479 g/mol. The van der Waals surface area contributed by atoms with Crippen molar-refractivity contribution in [2.75, 3.05) is 0 Å². The van der Waals surface area contributed by atoms with E-state index in [1.54, 1.807) is 0 Å². The molecule has 0 unspecified atom stereocenters. The molecular weight excluding hydrogens is 460 g/mol. The zero-order chi connectivity index (χ0) is 23.6. The normalized spacial score (nSPS) is 11.9. The number of hydrogen-bond donors (Lipinski definition) is 0. The van der Waals surface area contributed by atoms with Crippen LogP contribution in [0.15, 0.2) is 110 Å². The fourth-order valence-electron chi connectivity index (χ4n) is 5.41. The van der Waals surface area contributed by atoms with Crippen LogP contribution in [-0.4, -0.2) is 19.5 Å². The van der Waals surface area contributed by atoms with E-state index >= 15 is 0 Å². The third-order valence-corrected chi connectivity index (χ3v) is 8.19. The van der Waals surface area contributed by atoms with E-state index in [1.807, 2.05) is 42.2 Å². The molecule has 4 aromatic carbocycles. The van der Waals surface area contributed by atoms with Crippen molar-refractivity contribution in [2.45, 2.75) is 0 Å². The Hall–Kier alpha value is -4.61. The maximum absolute atomic E-state index is 5.32. The third kappa shape index (κ3) is 2.66. The van der Waals surface area contributed by atoms with Crippen molar-refractivity contribution in [1.29, 1.82) is 0 Å². The van der Waals surface area contributed by atoms with Gasteiger partial charge in [0.05, 0.1) is 21.4 Å². The van der Waals surface area contributed by atoms with Crippen LogP contribution < -0.4 is 0 Å². The Kier molecular flexibility index (Phi) is 4.07. The van der Waals surface area contributed by atoms with Gasteiger partial charge in [0, 0.05) is 67.4 Å². The predicted octanol–water partition coefficient (Wildman–Crippen LogP) is 8.16. The molecule has 0 saturated heterocycles. The lowest BCUT2D eigenvalue weighted by Gasteiger charge is -2.13. The molecule has 0 amide bonds. The molecule has 0 fully saturated rings. The Morgan fingerprint density at radius 3 is 2.17 bits per heavy atom. The molecule has 4 aromatic heterocycles. The highest BCUT2D eigenvalue weighted by Crippen LogP contribution is 2.42. The lowest BCUT2D eigenvalue weighted by Crippen LogP contribution is -1.98. The molecule has 0 aliphatic rings. The molecule has 0 spiro atoms. The van der Waals surface area contributed by atoms with Gasteiger partial charge in [0.2, 0.25) is 0 Å². The number of thiophene rings is 1. The van der Waals surface area contributed by atoms with Gasteiger partial charge in [0.25, 0.3) is 0 Å². The van der Waals surface area contributed by atoms with Crippen molar-refractivity contribution in [2.24, 2.45) is 0 Å². The zero-order valence-electron chi connectivity index (χ0n) is 19.1. The molecule has 0 N–H and O–H groups in total. The van der Waals surface area contributed by atoms with Gasteiger partial charge < -0.3 is 0 Å². The highest BCUT2D eigenvalue weighted by Gasteiger charge is 2.22. The van der Waals surface area contributed by atoms with Crippen molar-refractivity contribution in [3.8, 4) is 17.1 Å². The van der Waals surface area contributed by atoms with E-state index in [0.29, 0.717) is 0 Å². The molecule has 4 nitrogen and oxygen atoms in total. The number of hydrogen-bond acceptors (Lipinski definition) is 4. The van der Waals surface area contributed by atoms with Crippen molar-refractivity contribution < 1.29 is 0 Å². The SMILES string of the molecule is c1ccc(-c2nc3c4ccncc4c4cnccc4c3n2-c2cccc3c2sc2ccccc23)cc1. The molecule has 36 heavy (non-hydrogen) atoms. The average Bonchev–Trinajstić information content (AvgIpc) is 3.53. The first-order valence-corrected chi connectivity index (χ1v) is 12.7. The van der Waals surface area contributed by atoms with Gasteiger partial charge in [-0.05, 0) is 24.3 Å². The molecule has 0 aliphatic heterocycles. The van der Waals surface area contributed by atoms with Crippen molar-refractivity contribution in [3.05, 3.63) is 110 Å². The first kappa shape index (κ1) is 19.7. The fraction of sp³-hybridized carbons (Fsp3) is 0. The number of benzene rings is 4. The molecule has 0 radical (unpaired) electrons. The Bertz CT molecular complexity index is 2100. The minimum Gasteiger partial charge on any atom is -0.290 e. The second kappa shape index (κ2) is 7.44. The van der Waals surface area contributed by atoms with Crippen molar-refractivity contribution in [1.82, 2.24) is 19.5 Å². The van der Waals surface area contributed by atoms with E-state index in [9.17, 15) is 0 Å². The van der Waals surface area contributed by atoms with Crippen LogP contribution >= 0.6 is 11.3 Å². The number of aromatic nitrogens is 4. The fourth-order valence-corrected chi connectivity index (χ4v) is 6.62. The van der Waals surface area contributed by atoms with Gasteiger partial charge in [-0.3, -0.25) is 14.5 Å². The Balaban J connectivity index is 1.63. The number of imidazole rings is 1. The van der Waals surface area contributed by atoms with Gasteiger partial charge in [0.15, 0.2) is 0 Å². The summed E-state index contributed by atoms with van der Waals surface area (Å²) in [6, 6.07) is 29.9. The molecule has 0 atom stereocenters. The van der Waals surface area contributed by atoms with Gasteiger partial charge >= 0.3 is 0 Å². The summed E-state index contributed by atoms with van der Waals surface area (Å²) in [7, 11) is 0. The summed E-state index contributed by atoms with van der Waals surface area (Å²) in [6.07, 6.45) is 7.58. The van der Waals surface area contributed by atoms with Crippen LogP contribution in [-0.2, 0) is 0 Å². The molecule has 168 valence electrons. The van der Waals surface area contributed by atoms with E-state index in [0.717, 1.165) is 49.7 Å². The van der Waals surface area contributed by atoms with Gasteiger partial charge in [-0.2, -0.15) is 0 Å². The summed E-state index contributed by atoms with van der Waals surface area (Å²) < 4.78 is 4.90. The number of rotatable bonds is 2. The summed E-state index contributed by atoms with van der Waals surface area (Å²) >= 11 is 1.84. The van der Waals surface area contributed by atoms with Crippen molar-refractivity contribution >= 4 is 64.1 Å². The van der Waals surface area contributed by atoms with E-state index in [-0.39, 0.29) is 0 Å². The number of nitrogens with zero attached hydrogens (tertiary/aromatic N) is 4. The Labute approximate surface area is 210 Å².